The van der Waals surface area contributed by atoms with Crippen LogP contribution < -0.4 is 0 Å². The van der Waals surface area contributed by atoms with Crippen LogP contribution in [0.1, 0.15) is 24.8 Å². The first-order chi connectivity index (χ1) is 4.88. The number of imidazole rings is 1. The Labute approximate surface area is 59.3 Å². The van der Waals surface area contributed by atoms with Crippen molar-refractivity contribution < 1.29 is 5.11 Å². The van der Waals surface area contributed by atoms with Crippen molar-refractivity contribution in [2.45, 2.75) is 25.5 Å². The third-order valence-corrected chi connectivity index (χ3v) is 1.92. The van der Waals surface area contributed by atoms with E-state index in [-0.39, 0.29) is 6.10 Å². The first-order valence-electron chi connectivity index (χ1n) is 3.57. The van der Waals surface area contributed by atoms with Gasteiger partial charge in [-0.3, -0.25) is 0 Å². The lowest BCUT2D eigenvalue weighted by Crippen LogP contribution is -2.14. The van der Waals surface area contributed by atoms with Gasteiger partial charge in [0.15, 0.2) is 0 Å². The molecule has 0 bridgehead atoms. The molecule has 1 aliphatic rings. The molecule has 2 rings (SSSR count). The fourth-order valence-electron chi connectivity index (χ4n) is 1.39. The van der Waals surface area contributed by atoms with E-state index >= 15 is 0 Å². The monoisotopic (exact) mass is 138 g/mol. The topological polar surface area (TPSA) is 38.0 Å². The van der Waals surface area contributed by atoms with Crippen LogP contribution in [0, 0.1) is 0 Å². The van der Waals surface area contributed by atoms with E-state index in [4.69, 9.17) is 0 Å². The minimum Gasteiger partial charge on any atom is -0.385 e. The molecule has 0 saturated heterocycles. The van der Waals surface area contributed by atoms with Crippen molar-refractivity contribution in [1.82, 2.24) is 9.55 Å². The predicted molar refractivity (Wildman–Crippen MR) is 36.4 cm³/mol. The highest BCUT2D eigenvalue weighted by atomic mass is 16.3. The van der Waals surface area contributed by atoms with E-state index < -0.39 is 0 Å². The molecule has 0 spiro atoms. The lowest BCUT2D eigenvalue weighted by atomic mass is 10.1. The average molecular weight is 138 g/mol. The maximum Gasteiger partial charge on any atom is 0.137 e. The van der Waals surface area contributed by atoms with Gasteiger partial charge < -0.3 is 9.67 Å². The molecule has 1 atom stereocenters. The zero-order valence-corrected chi connectivity index (χ0v) is 5.70. The smallest absolute Gasteiger partial charge is 0.137 e. The zero-order chi connectivity index (χ0) is 6.97. The van der Waals surface area contributed by atoms with Crippen LogP contribution >= 0.6 is 0 Å². The van der Waals surface area contributed by atoms with Crippen LogP contribution in [0.2, 0.25) is 0 Å². The van der Waals surface area contributed by atoms with Crippen molar-refractivity contribution in [2.24, 2.45) is 0 Å². The molecule has 1 aromatic rings. The summed E-state index contributed by atoms with van der Waals surface area (Å²) in [5, 5.41) is 9.37. The molecule has 1 aromatic heterocycles. The van der Waals surface area contributed by atoms with Crippen molar-refractivity contribution in [3.8, 4) is 0 Å². The van der Waals surface area contributed by atoms with Gasteiger partial charge in [0.1, 0.15) is 11.9 Å². The normalized spacial score (nSPS) is 24.3. The highest BCUT2D eigenvalue weighted by Gasteiger charge is 2.17. The highest BCUT2D eigenvalue weighted by Crippen LogP contribution is 2.21. The Morgan fingerprint density at radius 1 is 1.70 bits per heavy atom. The summed E-state index contributed by atoms with van der Waals surface area (Å²) in [6.07, 6.45) is 5.24. The molecule has 54 valence electrons. The summed E-state index contributed by atoms with van der Waals surface area (Å²) in [6, 6.07) is 0. The van der Waals surface area contributed by atoms with Gasteiger partial charge in [-0.15, -0.1) is 0 Å². The Bertz CT molecular complexity index is 231. The third kappa shape index (κ3) is 0.743. The number of nitrogens with zero attached hydrogens (tertiary/aromatic N) is 2. The number of hydrogen-bond donors (Lipinski definition) is 1. The van der Waals surface area contributed by atoms with E-state index in [2.05, 4.69) is 4.98 Å². The van der Waals surface area contributed by atoms with Gasteiger partial charge >= 0.3 is 0 Å². The number of hydrogen-bond acceptors (Lipinski definition) is 2. The van der Waals surface area contributed by atoms with Crippen molar-refractivity contribution >= 4 is 0 Å². The average Bonchev–Trinajstić information content (AvgIpc) is 2.36. The van der Waals surface area contributed by atoms with Gasteiger partial charge in [0.25, 0.3) is 0 Å². The van der Waals surface area contributed by atoms with E-state index in [1.165, 1.54) is 0 Å². The van der Waals surface area contributed by atoms with Gasteiger partial charge in [0.2, 0.25) is 0 Å². The molecule has 10 heavy (non-hydrogen) atoms. The van der Waals surface area contributed by atoms with Crippen molar-refractivity contribution in [3.05, 3.63) is 18.2 Å². The van der Waals surface area contributed by atoms with E-state index in [0.29, 0.717) is 0 Å². The summed E-state index contributed by atoms with van der Waals surface area (Å²) in [7, 11) is 0. The quantitative estimate of drug-likeness (QED) is 0.573. The summed E-state index contributed by atoms with van der Waals surface area (Å²) in [6.45, 7) is 1.01. The van der Waals surface area contributed by atoms with E-state index in [9.17, 15) is 5.11 Å². The number of aliphatic hydroxyl groups is 1. The molecule has 0 radical (unpaired) electrons. The summed E-state index contributed by atoms with van der Waals surface area (Å²) in [5.74, 6) is 0.825. The van der Waals surface area contributed by atoms with Crippen molar-refractivity contribution in [2.75, 3.05) is 0 Å². The predicted octanol–water partition coefficient (Wildman–Crippen LogP) is 0.710. The lowest BCUT2D eigenvalue weighted by molar-refractivity contribution is 0.134. The summed E-state index contributed by atoms with van der Waals surface area (Å²) >= 11 is 0. The SMILES string of the molecule is O[C@@H]1CCCn2ccnc21. The van der Waals surface area contributed by atoms with Crippen molar-refractivity contribution in [3.63, 3.8) is 0 Å². The van der Waals surface area contributed by atoms with Crippen LogP contribution in [0.15, 0.2) is 12.4 Å². The van der Waals surface area contributed by atoms with Gasteiger partial charge in [-0.05, 0) is 12.8 Å². The molecule has 0 amide bonds. The second-order valence-corrected chi connectivity index (χ2v) is 2.64. The Hall–Kier alpha value is -0.830. The number of rotatable bonds is 0. The van der Waals surface area contributed by atoms with E-state index in [0.717, 1.165) is 25.2 Å². The van der Waals surface area contributed by atoms with Gasteiger partial charge in [-0.2, -0.15) is 0 Å². The Morgan fingerprint density at radius 2 is 2.60 bits per heavy atom. The van der Waals surface area contributed by atoms with E-state index in [1.54, 1.807) is 6.20 Å². The van der Waals surface area contributed by atoms with Crippen LogP contribution in [-0.4, -0.2) is 14.7 Å². The molecule has 0 saturated carbocycles. The maximum absolute atomic E-state index is 9.37. The molecule has 3 heteroatoms. The van der Waals surface area contributed by atoms with Crippen LogP contribution in [0.3, 0.4) is 0 Å². The molecule has 0 unspecified atom stereocenters. The Morgan fingerprint density at radius 3 is 3.40 bits per heavy atom. The molecule has 1 N–H and O–H groups in total. The first kappa shape index (κ1) is 5.92. The second-order valence-electron chi connectivity index (χ2n) is 2.64. The minimum atomic E-state index is -0.330. The van der Waals surface area contributed by atoms with E-state index in [1.807, 2.05) is 10.8 Å². The van der Waals surface area contributed by atoms with Crippen LogP contribution in [0.5, 0.6) is 0 Å². The molecular weight excluding hydrogens is 128 g/mol. The third-order valence-electron chi connectivity index (χ3n) is 1.92. The van der Waals surface area contributed by atoms with Gasteiger partial charge in [0.05, 0.1) is 0 Å². The van der Waals surface area contributed by atoms with Gasteiger partial charge in [0, 0.05) is 18.9 Å². The number of aryl methyl sites for hydroxylation is 1. The molecule has 0 aliphatic carbocycles. The van der Waals surface area contributed by atoms with Crippen LogP contribution in [0.25, 0.3) is 0 Å². The molecule has 0 aromatic carbocycles. The fraction of sp³-hybridized carbons (Fsp3) is 0.571. The standard InChI is InChI=1S/C7H10N2O/c10-6-2-1-4-9-5-3-8-7(6)9/h3,5-6,10H,1-2,4H2/t6-/m1/s1. The fourth-order valence-corrected chi connectivity index (χ4v) is 1.39. The van der Waals surface area contributed by atoms with Crippen LogP contribution in [-0.2, 0) is 6.54 Å². The second kappa shape index (κ2) is 2.09. The first-order valence-corrected chi connectivity index (χ1v) is 3.57. The van der Waals surface area contributed by atoms with Crippen molar-refractivity contribution in [1.29, 1.82) is 0 Å². The van der Waals surface area contributed by atoms with Gasteiger partial charge in [-0.1, -0.05) is 0 Å². The summed E-state index contributed by atoms with van der Waals surface area (Å²) < 4.78 is 2.01. The maximum atomic E-state index is 9.37. The largest absolute Gasteiger partial charge is 0.385 e. The minimum absolute atomic E-state index is 0.330. The van der Waals surface area contributed by atoms with Crippen LogP contribution in [0.4, 0.5) is 0 Å². The molecule has 2 heterocycles. The number of fused-ring (bicyclic) bond motifs is 1. The molecule has 3 nitrogen and oxygen atoms in total. The van der Waals surface area contributed by atoms with Gasteiger partial charge in [-0.25, -0.2) is 4.98 Å². The number of aromatic nitrogens is 2. The molecule has 0 fully saturated rings. The Kier molecular flexibility index (Phi) is 1.24. The summed E-state index contributed by atoms with van der Waals surface area (Å²) in [4.78, 5) is 4.05. The lowest BCUT2D eigenvalue weighted by Gasteiger charge is -2.18. The zero-order valence-electron chi connectivity index (χ0n) is 5.70. The highest BCUT2D eigenvalue weighted by molar-refractivity contribution is 4.98. The molecular formula is C7H10N2O. The molecule has 1 aliphatic heterocycles. The summed E-state index contributed by atoms with van der Waals surface area (Å²) in [5.41, 5.74) is 0. The number of aliphatic hydroxyl groups excluding tert-OH is 1. The Balaban J connectivity index is 2.41.